The Balaban J connectivity index is 1.67. The van der Waals surface area contributed by atoms with Gasteiger partial charge in [0.25, 0.3) is 0 Å². The van der Waals surface area contributed by atoms with Crippen molar-refractivity contribution in [1.82, 2.24) is 15.2 Å². The maximum Gasteiger partial charge on any atom is 0.318 e. The van der Waals surface area contributed by atoms with E-state index in [0.29, 0.717) is 0 Å². The maximum atomic E-state index is 12.5. The van der Waals surface area contributed by atoms with E-state index in [-0.39, 0.29) is 18.1 Å². The van der Waals surface area contributed by atoms with Crippen molar-refractivity contribution in [2.24, 2.45) is 0 Å². The molecular formula is C16H19N3OS. The number of nitrogens with zero attached hydrogens (tertiary/aromatic N) is 2. The van der Waals surface area contributed by atoms with Crippen molar-refractivity contribution in [3.8, 4) is 0 Å². The van der Waals surface area contributed by atoms with Crippen LogP contribution in [0.25, 0.3) is 0 Å². The normalized spacial score (nSPS) is 19.5. The Labute approximate surface area is 128 Å². The highest BCUT2D eigenvalue weighted by Crippen LogP contribution is 2.34. The van der Waals surface area contributed by atoms with Crippen LogP contribution in [0.15, 0.2) is 42.0 Å². The molecule has 21 heavy (non-hydrogen) atoms. The molecule has 0 saturated carbocycles. The molecule has 1 aliphatic heterocycles. The Kier molecular flexibility index (Phi) is 4.20. The molecule has 0 radical (unpaired) electrons. The van der Waals surface area contributed by atoms with Gasteiger partial charge < -0.3 is 10.2 Å². The molecule has 0 aromatic carbocycles. The van der Waals surface area contributed by atoms with Gasteiger partial charge in [-0.05, 0) is 48.9 Å². The molecule has 3 heterocycles. The maximum absolute atomic E-state index is 12.5. The molecule has 110 valence electrons. The minimum atomic E-state index is -0.00918. The van der Waals surface area contributed by atoms with E-state index in [1.807, 2.05) is 30.0 Å². The summed E-state index contributed by atoms with van der Waals surface area (Å²) in [5.41, 5.74) is 1.07. The molecule has 0 aliphatic carbocycles. The van der Waals surface area contributed by atoms with Gasteiger partial charge in [0.2, 0.25) is 0 Å². The molecule has 1 fully saturated rings. The standard InChI is InChI=1S/C16H19N3OS/c1-12(13-6-8-17-9-7-13)18-16(20)19-10-2-4-14(19)15-5-3-11-21-15/h3,5-9,11-12,14H,2,4,10H2,1H3,(H,18,20)/t12-,14+/m0/s1. The lowest BCUT2D eigenvalue weighted by molar-refractivity contribution is 0.190. The van der Waals surface area contributed by atoms with Crippen LogP contribution in [0.4, 0.5) is 4.79 Å². The van der Waals surface area contributed by atoms with E-state index in [9.17, 15) is 4.79 Å². The molecule has 1 aliphatic rings. The number of nitrogens with one attached hydrogen (secondary N) is 1. The second kappa shape index (κ2) is 6.26. The topological polar surface area (TPSA) is 45.2 Å². The number of amides is 2. The Morgan fingerprint density at radius 1 is 1.43 bits per heavy atom. The number of thiophene rings is 1. The minimum absolute atomic E-state index is 0.00918. The zero-order valence-electron chi connectivity index (χ0n) is 12.0. The number of urea groups is 1. The fourth-order valence-electron chi connectivity index (χ4n) is 2.79. The van der Waals surface area contributed by atoms with Crippen LogP contribution >= 0.6 is 11.3 Å². The molecule has 2 aromatic rings. The van der Waals surface area contributed by atoms with Crippen molar-refractivity contribution in [1.29, 1.82) is 0 Å². The van der Waals surface area contributed by atoms with Crippen molar-refractivity contribution < 1.29 is 4.79 Å². The lowest BCUT2D eigenvalue weighted by Gasteiger charge is -2.26. The molecule has 2 aromatic heterocycles. The zero-order valence-corrected chi connectivity index (χ0v) is 12.8. The van der Waals surface area contributed by atoms with Crippen LogP contribution in [0.3, 0.4) is 0 Å². The Morgan fingerprint density at radius 2 is 2.24 bits per heavy atom. The number of pyridine rings is 1. The van der Waals surface area contributed by atoms with E-state index in [0.717, 1.165) is 24.9 Å². The molecule has 3 rings (SSSR count). The van der Waals surface area contributed by atoms with Crippen molar-refractivity contribution in [2.45, 2.75) is 31.8 Å². The number of likely N-dealkylation sites (tertiary alicyclic amines) is 1. The SMILES string of the molecule is C[C@H](NC(=O)N1CCC[C@@H]1c1cccs1)c1ccncc1. The van der Waals surface area contributed by atoms with Crippen LogP contribution in [-0.4, -0.2) is 22.5 Å². The molecule has 2 amide bonds. The summed E-state index contributed by atoms with van der Waals surface area (Å²) in [6.45, 7) is 2.83. The third-order valence-corrected chi connectivity index (χ3v) is 4.90. The van der Waals surface area contributed by atoms with Gasteiger partial charge in [-0.3, -0.25) is 4.98 Å². The third kappa shape index (κ3) is 3.08. The molecule has 2 atom stereocenters. The van der Waals surface area contributed by atoms with Gasteiger partial charge >= 0.3 is 6.03 Å². The Morgan fingerprint density at radius 3 is 2.95 bits per heavy atom. The summed E-state index contributed by atoms with van der Waals surface area (Å²) in [6, 6.07) is 8.29. The summed E-state index contributed by atoms with van der Waals surface area (Å²) in [6.07, 6.45) is 5.63. The highest BCUT2D eigenvalue weighted by Gasteiger charge is 2.31. The number of hydrogen-bond acceptors (Lipinski definition) is 3. The van der Waals surface area contributed by atoms with Crippen LogP contribution in [0.1, 0.15) is 42.3 Å². The van der Waals surface area contributed by atoms with Gasteiger partial charge in [0.15, 0.2) is 0 Å². The summed E-state index contributed by atoms with van der Waals surface area (Å²) in [5, 5.41) is 5.17. The van der Waals surface area contributed by atoms with Gasteiger partial charge in [-0.15, -0.1) is 11.3 Å². The van der Waals surface area contributed by atoms with E-state index in [2.05, 4.69) is 21.7 Å². The fraction of sp³-hybridized carbons (Fsp3) is 0.375. The summed E-state index contributed by atoms with van der Waals surface area (Å²) in [5.74, 6) is 0. The largest absolute Gasteiger partial charge is 0.331 e. The van der Waals surface area contributed by atoms with Crippen LogP contribution in [0, 0.1) is 0 Å². The molecule has 1 saturated heterocycles. The molecule has 5 heteroatoms. The first kappa shape index (κ1) is 14.1. The molecular weight excluding hydrogens is 282 g/mol. The lowest BCUT2D eigenvalue weighted by Crippen LogP contribution is -2.40. The van der Waals surface area contributed by atoms with E-state index < -0.39 is 0 Å². The van der Waals surface area contributed by atoms with Crippen molar-refractivity contribution in [2.75, 3.05) is 6.54 Å². The minimum Gasteiger partial charge on any atom is -0.331 e. The smallest absolute Gasteiger partial charge is 0.318 e. The average molecular weight is 301 g/mol. The first-order valence-corrected chi connectivity index (χ1v) is 8.14. The lowest BCUT2D eigenvalue weighted by atomic mass is 10.1. The predicted molar refractivity (Wildman–Crippen MR) is 84.2 cm³/mol. The van der Waals surface area contributed by atoms with Crippen LogP contribution in [-0.2, 0) is 0 Å². The van der Waals surface area contributed by atoms with Crippen molar-refractivity contribution in [3.05, 3.63) is 52.5 Å². The van der Waals surface area contributed by atoms with Crippen LogP contribution in [0.5, 0.6) is 0 Å². The predicted octanol–water partition coefficient (Wildman–Crippen LogP) is 3.75. The van der Waals surface area contributed by atoms with Crippen molar-refractivity contribution >= 4 is 17.4 Å². The van der Waals surface area contributed by atoms with Gasteiger partial charge in [-0.1, -0.05) is 6.07 Å². The summed E-state index contributed by atoms with van der Waals surface area (Å²) >= 11 is 1.73. The summed E-state index contributed by atoms with van der Waals surface area (Å²) in [7, 11) is 0. The fourth-order valence-corrected chi connectivity index (χ4v) is 3.66. The van der Waals surface area contributed by atoms with E-state index >= 15 is 0 Å². The monoisotopic (exact) mass is 301 g/mol. The number of aromatic nitrogens is 1. The molecule has 0 unspecified atom stereocenters. The second-order valence-corrected chi connectivity index (χ2v) is 6.30. The molecule has 1 N–H and O–H groups in total. The van der Waals surface area contributed by atoms with Crippen LogP contribution in [0.2, 0.25) is 0 Å². The summed E-state index contributed by atoms with van der Waals surface area (Å²) < 4.78 is 0. The van der Waals surface area contributed by atoms with Gasteiger partial charge in [-0.2, -0.15) is 0 Å². The van der Waals surface area contributed by atoms with Gasteiger partial charge in [-0.25, -0.2) is 4.79 Å². The Hall–Kier alpha value is -1.88. The second-order valence-electron chi connectivity index (χ2n) is 5.32. The molecule has 0 bridgehead atoms. The van der Waals surface area contributed by atoms with Gasteiger partial charge in [0.05, 0.1) is 12.1 Å². The number of hydrogen-bond donors (Lipinski definition) is 1. The first-order valence-electron chi connectivity index (χ1n) is 7.26. The average Bonchev–Trinajstić information content (AvgIpc) is 3.18. The third-order valence-electron chi connectivity index (χ3n) is 3.93. The number of rotatable bonds is 3. The molecule has 4 nitrogen and oxygen atoms in total. The zero-order chi connectivity index (χ0) is 14.7. The highest BCUT2D eigenvalue weighted by atomic mass is 32.1. The van der Waals surface area contributed by atoms with E-state index in [1.54, 1.807) is 23.7 Å². The number of carbonyl (C=O) groups excluding carboxylic acids is 1. The van der Waals surface area contributed by atoms with E-state index in [4.69, 9.17) is 0 Å². The number of carbonyl (C=O) groups is 1. The quantitative estimate of drug-likeness (QED) is 0.938. The van der Waals surface area contributed by atoms with Crippen molar-refractivity contribution in [3.63, 3.8) is 0 Å². The van der Waals surface area contributed by atoms with Gasteiger partial charge in [0.1, 0.15) is 0 Å². The highest BCUT2D eigenvalue weighted by molar-refractivity contribution is 7.10. The molecule has 0 spiro atoms. The van der Waals surface area contributed by atoms with Crippen LogP contribution < -0.4 is 5.32 Å². The van der Waals surface area contributed by atoms with E-state index in [1.165, 1.54) is 4.88 Å². The first-order chi connectivity index (χ1) is 10.3. The summed E-state index contributed by atoms with van der Waals surface area (Å²) in [4.78, 5) is 19.8. The Bertz CT molecular complexity index is 585. The van der Waals surface area contributed by atoms with Gasteiger partial charge in [0, 0.05) is 23.8 Å².